The van der Waals surface area contributed by atoms with Gasteiger partial charge in [0.25, 0.3) is 0 Å². The molecule has 0 saturated carbocycles. The molecule has 2 N–H and O–H groups in total. The lowest BCUT2D eigenvalue weighted by Gasteiger charge is -2.35. The maximum Gasteiger partial charge on any atom is 0.318 e. The van der Waals surface area contributed by atoms with Crippen LogP contribution in [0.5, 0.6) is 0 Å². The van der Waals surface area contributed by atoms with Crippen molar-refractivity contribution in [1.29, 1.82) is 0 Å². The average Bonchev–Trinajstić information content (AvgIpc) is 3.14. The lowest BCUT2D eigenvalue weighted by Crippen LogP contribution is -2.45. The molecule has 20 heavy (non-hydrogen) atoms. The predicted octanol–water partition coefficient (Wildman–Crippen LogP) is 2.69. The number of urea groups is 1. The van der Waals surface area contributed by atoms with Crippen molar-refractivity contribution < 1.29 is 4.79 Å². The van der Waals surface area contributed by atoms with E-state index in [1.807, 2.05) is 11.0 Å². The summed E-state index contributed by atoms with van der Waals surface area (Å²) in [6.45, 7) is 3.41. The van der Waals surface area contributed by atoms with E-state index in [0.29, 0.717) is 6.54 Å². The van der Waals surface area contributed by atoms with E-state index in [1.165, 1.54) is 10.4 Å². The quantitative estimate of drug-likeness (QED) is 0.913. The molecule has 3 heterocycles. The number of thiophene rings is 1. The van der Waals surface area contributed by atoms with Gasteiger partial charge in [0.2, 0.25) is 0 Å². The van der Waals surface area contributed by atoms with Crippen molar-refractivity contribution >= 4 is 17.4 Å². The Bertz CT molecular complexity index is 578. The Labute approximate surface area is 122 Å². The number of hydrogen-bond acceptors (Lipinski definition) is 3. The highest BCUT2D eigenvalue weighted by molar-refractivity contribution is 7.10. The van der Waals surface area contributed by atoms with E-state index in [-0.39, 0.29) is 12.1 Å². The zero-order valence-electron chi connectivity index (χ0n) is 11.4. The third-order valence-electron chi connectivity index (χ3n) is 3.73. The lowest BCUT2D eigenvalue weighted by atomic mass is 9.98. The number of H-pyrrole nitrogens is 1. The van der Waals surface area contributed by atoms with Crippen LogP contribution < -0.4 is 5.32 Å². The summed E-state index contributed by atoms with van der Waals surface area (Å²) in [7, 11) is 0. The molecule has 0 bridgehead atoms. The fourth-order valence-electron chi connectivity index (χ4n) is 2.74. The molecule has 2 amide bonds. The Balaban J connectivity index is 1.68. The average molecular weight is 290 g/mol. The van der Waals surface area contributed by atoms with Crippen LogP contribution in [-0.4, -0.2) is 27.7 Å². The highest BCUT2D eigenvalue weighted by Gasteiger charge is 2.30. The van der Waals surface area contributed by atoms with Gasteiger partial charge >= 0.3 is 6.03 Å². The van der Waals surface area contributed by atoms with Gasteiger partial charge in [0, 0.05) is 17.6 Å². The van der Waals surface area contributed by atoms with E-state index in [4.69, 9.17) is 0 Å². The molecule has 6 heteroatoms. The summed E-state index contributed by atoms with van der Waals surface area (Å²) in [6, 6.07) is 4.22. The van der Waals surface area contributed by atoms with Crippen molar-refractivity contribution in [1.82, 2.24) is 20.4 Å². The maximum atomic E-state index is 12.4. The van der Waals surface area contributed by atoms with Crippen molar-refractivity contribution in [3.8, 4) is 0 Å². The van der Waals surface area contributed by atoms with Crippen LogP contribution in [-0.2, 0) is 13.0 Å². The number of amides is 2. The summed E-state index contributed by atoms with van der Waals surface area (Å²) in [4.78, 5) is 15.8. The van der Waals surface area contributed by atoms with Crippen LogP contribution in [0.15, 0.2) is 23.7 Å². The van der Waals surface area contributed by atoms with Crippen LogP contribution in [0.1, 0.15) is 35.5 Å². The summed E-state index contributed by atoms with van der Waals surface area (Å²) in [5.74, 6) is 0. The second-order valence-electron chi connectivity index (χ2n) is 4.91. The summed E-state index contributed by atoms with van der Waals surface area (Å²) in [5, 5.41) is 11.8. The first-order valence-electron chi connectivity index (χ1n) is 6.88. The Morgan fingerprint density at radius 1 is 1.60 bits per heavy atom. The van der Waals surface area contributed by atoms with Gasteiger partial charge in [-0.1, -0.05) is 6.92 Å². The van der Waals surface area contributed by atoms with E-state index in [0.717, 1.165) is 25.1 Å². The molecular weight excluding hydrogens is 272 g/mol. The first-order valence-corrected chi connectivity index (χ1v) is 7.76. The Kier molecular flexibility index (Phi) is 3.73. The van der Waals surface area contributed by atoms with Crippen LogP contribution in [0.3, 0.4) is 0 Å². The monoisotopic (exact) mass is 290 g/mol. The van der Waals surface area contributed by atoms with Gasteiger partial charge in [-0.3, -0.25) is 5.10 Å². The number of aromatic nitrogens is 2. The SMILES string of the molecule is CCC1c2ccsc2CCN1C(=O)NCc1ccn[nH]1. The molecule has 0 radical (unpaired) electrons. The summed E-state index contributed by atoms with van der Waals surface area (Å²) in [5.41, 5.74) is 2.24. The number of rotatable bonds is 3. The molecule has 1 unspecified atom stereocenters. The van der Waals surface area contributed by atoms with Gasteiger partial charge in [-0.2, -0.15) is 5.10 Å². The van der Waals surface area contributed by atoms with Crippen LogP contribution in [0.2, 0.25) is 0 Å². The van der Waals surface area contributed by atoms with Gasteiger partial charge in [-0.05, 0) is 35.9 Å². The van der Waals surface area contributed by atoms with E-state index in [9.17, 15) is 4.79 Å². The molecule has 2 aromatic heterocycles. The van der Waals surface area contributed by atoms with E-state index >= 15 is 0 Å². The normalized spacial score (nSPS) is 17.9. The molecule has 0 aliphatic carbocycles. The Morgan fingerprint density at radius 2 is 2.50 bits per heavy atom. The molecule has 0 fully saturated rings. The molecule has 106 valence electrons. The predicted molar refractivity (Wildman–Crippen MR) is 78.6 cm³/mol. The lowest BCUT2D eigenvalue weighted by molar-refractivity contribution is 0.167. The molecule has 0 aromatic carbocycles. The van der Waals surface area contributed by atoms with Crippen molar-refractivity contribution in [2.24, 2.45) is 0 Å². The highest BCUT2D eigenvalue weighted by Crippen LogP contribution is 2.35. The van der Waals surface area contributed by atoms with Gasteiger partial charge in [-0.25, -0.2) is 4.79 Å². The van der Waals surface area contributed by atoms with Crippen molar-refractivity contribution in [2.75, 3.05) is 6.54 Å². The Hall–Kier alpha value is -1.82. The topological polar surface area (TPSA) is 61.0 Å². The first-order chi connectivity index (χ1) is 9.79. The van der Waals surface area contributed by atoms with Gasteiger partial charge in [0.15, 0.2) is 0 Å². The molecule has 0 spiro atoms. The second-order valence-corrected chi connectivity index (χ2v) is 5.91. The van der Waals surface area contributed by atoms with Crippen LogP contribution in [0.25, 0.3) is 0 Å². The number of carbonyl (C=O) groups excluding carboxylic acids is 1. The molecule has 1 aliphatic heterocycles. The minimum Gasteiger partial charge on any atom is -0.332 e. The van der Waals surface area contributed by atoms with Gasteiger partial charge in [-0.15, -0.1) is 11.3 Å². The number of aromatic amines is 1. The fraction of sp³-hybridized carbons (Fsp3) is 0.429. The molecule has 3 rings (SSSR count). The van der Waals surface area contributed by atoms with Gasteiger partial charge < -0.3 is 10.2 Å². The largest absolute Gasteiger partial charge is 0.332 e. The zero-order valence-corrected chi connectivity index (χ0v) is 12.2. The number of nitrogens with zero attached hydrogens (tertiary/aromatic N) is 2. The molecule has 2 aromatic rings. The van der Waals surface area contributed by atoms with Crippen molar-refractivity contribution in [3.63, 3.8) is 0 Å². The highest BCUT2D eigenvalue weighted by atomic mass is 32.1. The number of nitrogens with one attached hydrogen (secondary N) is 2. The van der Waals surface area contributed by atoms with Crippen LogP contribution in [0, 0.1) is 0 Å². The van der Waals surface area contributed by atoms with Crippen LogP contribution in [0.4, 0.5) is 4.79 Å². The summed E-state index contributed by atoms with van der Waals surface area (Å²) in [6.07, 6.45) is 3.59. The minimum absolute atomic E-state index is 0.00306. The van der Waals surface area contributed by atoms with E-state index < -0.39 is 0 Å². The standard InChI is InChI=1S/C14H18N4OS/c1-2-12-11-5-8-20-13(11)4-7-18(12)14(19)15-9-10-3-6-16-17-10/h3,5-6,8,12H,2,4,7,9H2,1H3,(H,15,19)(H,16,17). The minimum atomic E-state index is 0.00306. The zero-order chi connectivity index (χ0) is 13.9. The molecule has 0 saturated heterocycles. The third-order valence-corrected chi connectivity index (χ3v) is 4.73. The number of carbonyl (C=O) groups is 1. The summed E-state index contributed by atoms with van der Waals surface area (Å²) < 4.78 is 0. The fourth-order valence-corrected chi connectivity index (χ4v) is 3.66. The number of fused-ring (bicyclic) bond motifs is 1. The smallest absolute Gasteiger partial charge is 0.318 e. The second kappa shape index (κ2) is 5.66. The van der Waals surface area contributed by atoms with E-state index in [1.54, 1.807) is 17.5 Å². The number of hydrogen-bond donors (Lipinski definition) is 2. The third kappa shape index (κ3) is 2.43. The molecule has 5 nitrogen and oxygen atoms in total. The molecule has 1 aliphatic rings. The van der Waals surface area contributed by atoms with Crippen molar-refractivity contribution in [2.45, 2.75) is 32.4 Å². The summed E-state index contributed by atoms with van der Waals surface area (Å²) >= 11 is 1.80. The van der Waals surface area contributed by atoms with Crippen LogP contribution >= 0.6 is 11.3 Å². The van der Waals surface area contributed by atoms with E-state index in [2.05, 4.69) is 33.9 Å². The van der Waals surface area contributed by atoms with Gasteiger partial charge in [0.1, 0.15) is 0 Å². The first kappa shape index (κ1) is 13.2. The van der Waals surface area contributed by atoms with Crippen molar-refractivity contribution in [3.05, 3.63) is 39.8 Å². The van der Waals surface area contributed by atoms with Gasteiger partial charge in [0.05, 0.1) is 18.3 Å². The maximum absolute atomic E-state index is 12.4. The molecular formula is C14H18N4OS. The Morgan fingerprint density at radius 3 is 3.25 bits per heavy atom. The molecule has 1 atom stereocenters.